The van der Waals surface area contributed by atoms with Gasteiger partial charge in [0.1, 0.15) is 0 Å². The van der Waals surface area contributed by atoms with Crippen LogP contribution in [0.25, 0.3) is 60.9 Å². The molecule has 1 aromatic heterocycles. The fourth-order valence-electron chi connectivity index (χ4n) is 7.15. The Balaban J connectivity index is 1.12. The van der Waals surface area contributed by atoms with Crippen LogP contribution in [0.5, 0.6) is 0 Å². The summed E-state index contributed by atoms with van der Waals surface area (Å²) in [6.07, 6.45) is 0. The van der Waals surface area contributed by atoms with Crippen molar-refractivity contribution in [3.8, 4) is 39.1 Å². The van der Waals surface area contributed by atoms with Crippen molar-refractivity contribution in [3.05, 3.63) is 206 Å². The van der Waals surface area contributed by atoms with Crippen molar-refractivity contribution in [1.82, 2.24) is 4.57 Å². The highest BCUT2D eigenvalue weighted by molar-refractivity contribution is 6.09. The van der Waals surface area contributed by atoms with Gasteiger partial charge in [0.15, 0.2) is 0 Å². The van der Waals surface area contributed by atoms with Crippen LogP contribution in [0.2, 0.25) is 0 Å². The monoisotopic (exact) mass is 639 g/mol. The predicted octanol–water partition coefficient (Wildman–Crippen LogP) is 13.3. The Morgan fingerprint density at radius 3 is 1.28 bits per heavy atom. The van der Waals surface area contributed by atoms with E-state index in [4.69, 9.17) is 1.37 Å². The lowest BCUT2D eigenvalue weighted by atomic mass is 10.0. The van der Waals surface area contributed by atoms with Crippen molar-refractivity contribution in [2.24, 2.45) is 0 Å². The van der Waals surface area contributed by atoms with E-state index in [0.717, 1.165) is 39.4 Å². The largest absolute Gasteiger partial charge is 0.311 e. The third-order valence-electron chi connectivity index (χ3n) is 9.57. The Hall–Kier alpha value is -6.64. The third-order valence-corrected chi connectivity index (χ3v) is 9.57. The summed E-state index contributed by atoms with van der Waals surface area (Å²) in [6, 6.07) is 71.2. The van der Waals surface area contributed by atoms with Crippen LogP contribution in [-0.4, -0.2) is 4.57 Å². The Morgan fingerprint density at radius 1 is 0.340 bits per heavy atom. The van der Waals surface area contributed by atoms with Crippen LogP contribution in [0.15, 0.2) is 206 Å². The Kier molecular flexibility index (Phi) is 7.24. The number of rotatable bonds is 7. The van der Waals surface area contributed by atoms with Crippen LogP contribution < -0.4 is 4.90 Å². The average Bonchev–Trinajstić information content (AvgIpc) is 3.54. The van der Waals surface area contributed by atoms with E-state index in [1.165, 1.54) is 38.5 Å². The normalized spacial score (nSPS) is 11.5. The van der Waals surface area contributed by atoms with Crippen molar-refractivity contribution >= 4 is 38.9 Å². The van der Waals surface area contributed by atoms with E-state index < -0.39 is 0 Å². The van der Waals surface area contributed by atoms with Gasteiger partial charge in [-0.3, -0.25) is 0 Å². The zero-order valence-corrected chi connectivity index (χ0v) is 27.4. The number of hydrogen-bond acceptors (Lipinski definition) is 1. The molecule has 0 N–H and O–H groups in total. The molecule has 0 unspecified atom stereocenters. The molecule has 50 heavy (non-hydrogen) atoms. The third kappa shape index (κ3) is 5.34. The van der Waals surface area contributed by atoms with Gasteiger partial charge in [-0.15, -0.1) is 0 Å². The highest BCUT2D eigenvalue weighted by Gasteiger charge is 2.17. The Bertz CT molecular complexity index is 2550. The lowest BCUT2D eigenvalue weighted by Crippen LogP contribution is -2.09. The minimum atomic E-state index is 0.515. The molecule has 1 heterocycles. The lowest BCUT2D eigenvalue weighted by molar-refractivity contribution is 1.18. The van der Waals surface area contributed by atoms with Gasteiger partial charge in [-0.2, -0.15) is 0 Å². The first-order valence-corrected chi connectivity index (χ1v) is 17.0. The Labute approximate surface area is 294 Å². The summed E-state index contributed by atoms with van der Waals surface area (Å²) >= 11 is 0. The lowest BCUT2D eigenvalue weighted by Gasteiger charge is -2.26. The fourth-order valence-corrected chi connectivity index (χ4v) is 7.15. The van der Waals surface area contributed by atoms with E-state index in [0.29, 0.717) is 6.04 Å². The Morgan fingerprint density at radius 2 is 0.740 bits per heavy atom. The summed E-state index contributed by atoms with van der Waals surface area (Å²) < 4.78 is 10.3. The van der Waals surface area contributed by atoms with Crippen LogP contribution in [0.4, 0.5) is 17.1 Å². The maximum Gasteiger partial charge on any atom is 0.0623 e. The second-order valence-corrected chi connectivity index (χ2v) is 12.5. The van der Waals surface area contributed by atoms with Crippen LogP contribution >= 0.6 is 0 Å². The smallest absolute Gasteiger partial charge is 0.0623 e. The molecule has 0 aliphatic heterocycles. The molecule has 0 aliphatic carbocycles. The molecular formula is C48H34N2. The van der Waals surface area contributed by atoms with Crippen molar-refractivity contribution < 1.29 is 1.37 Å². The number of nitrogens with zero attached hydrogens (tertiary/aromatic N) is 2. The maximum atomic E-state index is 7.88. The summed E-state index contributed by atoms with van der Waals surface area (Å²) in [5.41, 5.74) is 13.7. The summed E-state index contributed by atoms with van der Waals surface area (Å²) in [4.78, 5) is 2.31. The zero-order valence-electron chi connectivity index (χ0n) is 28.4. The molecular weight excluding hydrogens is 605 g/mol. The maximum absolute atomic E-state index is 7.88. The molecule has 9 rings (SSSR count). The molecule has 0 aliphatic rings. The first-order chi connectivity index (χ1) is 25.2. The number of aromatic nitrogens is 1. The van der Waals surface area contributed by atoms with E-state index >= 15 is 0 Å². The highest BCUT2D eigenvalue weighted by atomic mass is 15.1. The minimum Gasteiger partial charge on any atom is -0.311 e. The molecule has 0 spiro atoms. The molecule has 236 valence electrons. The summed E-state index contributed by atoms with van der Waals surface area (Å²) in [6.45, 7) is 0. The standard InChI is InChI=1S/C48H34N2/c1-3-13-35(14-4-1)37-23-29-40(30-24-37)49(41-31-25-38(26-32-41)36-15-5-2-6-16-36)42-33-27-39(28-34-42)43-17-7-10-20-46(43)50-47-21-11-8-18-44(47)45-19-9-12-22-48(45)50/h1-34H/i1D. The quantitative estimate of drug-likeness (QED) is 0.168. The number of anilines is 3. The van der Waals surface area contributed by atoms with Gasteiger partial charge in [-0.1, -0.05) is 152 Å². The van der Waals surface area contributed by atoms with E-state index in [2.05, 4.69) is 185 Å². The molecule has 2 heteroatoms. The number of hydrogen-bond donors (Lipinski definition) is 0. The average molecular weight is 640 g/mol. The molecule has 0 radical (unpaired) electrons. The molecule has 0 saturated heterocycles. The molecule has 0 atom stereocenters. The summed E-state index contributed by atoms with van der Waals surface area (Å²) in [7, 11) is 0. The van der Waals surface area contributed by atoms with E-state index in [1.54, 1.807) is 0 Å². The van der Waals surface area contributed by atoms with Crippen molar-refractivity contribution in [2.75, 3.05) is 4.90 Å². The minimum absolute atomic E-state index is 0.515. The van der Waals surface area contributed by atoms with E-state index in [9.17, 15) is 0 Å². The molecule has 2 nitrogen and oxygen atoms in total. The van der Waals surface area contributed by atoms with E-state index in [-0.39, 0.29) is 0 Å². The van der Waals surface area contributed by atoms with Gasteiger partial charge in [-0.05, 0) is 82.4 Å². The van der Waals surface area contributed by atoms with Gasteiger partial charge < -0.3 is 9.47 Å². The summed E-state index contributed by atoms with van der Waals surface area (Å²) in [5.74, 6) is 0. The van der Waals surface area contributed by atoms with Gasteiger partial charge in [0.25, 0.3) is 0 Å². The highest BCUT2D eigenvalue weighted by Crippen LogP contribution is 2.40. The van der Waals surface area contributed by atoms with Gasteiger partial charge in [0.05, 0.1) is 18.1 Å². The molecule has 8 aromatic carbocycles. The first-order valence-electron chi connectivity index (χ1n) is 17.5. The van der Waals surface area contributed by atoms with Crippen LogP contribution in [0.3, 0.4) is 0 Å². The fraction of sp³-hybridized carbons (Fsp3) is 0. The van der Waals surface area contributed by atoms with Crippen LogP contribution in [0, 0.1) is 0 Å². The SMILES string of the molecule is [2H]c1ccc(-c2ccc(N(c3ccc(-c4ccccc4)cc3)c3ccc(-c4ccccc4-n4c5ccccc5c5ccccc54)cc3)cc2)cc1. The second-order valence-electron chi connectivity index (χ2n) is 12.5. The van der Waals surface area contributed by atoms with Gasteiger partial charge in [0.2, 0.25) is 0 Å². The topological polar surface area (TPSA) is 8.17 Å². The number of benzene rings is 8. The second kappa shape index (κ2) is 12.8. The zero-order chi connectivity index (χ0) is 34.1. The first kappa shape index (κ1) is 28.4. The van der Waals surface area contributed by atoms with Gasteiger partial charge in [-0.25, -0.2) is 0 Å². The van der Waals surface area contributed by atoms with E-state index in [1.807, 2.05) is 24.3 Å². The molecule has 0 fully saturated rings. The number of fused-ring (bicyclic) bond motifs is 3. The predicted molar refractivity (Wildman–Crippen MR) is 212 cm³/mol. The van der Waals surface area contributed by atoms with Crippen LogP contribution in [-0.2, 0) is 0 Å². The molecule has 9 aromatic rings. The van der Waals surface area contributed by atoms with Gasteiger partial charge in [0, 0.05) is 33.4 Å². The van der Waals surface area contributed by atoms with Crippen molar-refractivity contribution in [1.29, 1.82) is 0 Å². The van der Waals surface area contributed by atoms with Crippen LogP contribution in [0.1, 0.15) is 1.37 Å². The van der Waals surface area contributed by atoms with Gasteiger partial charge >= 0.3 is 0 Å². The summed E-state index contributed by atoms with van der Waals surface area (Å²) in [5, 5.41) is 2.51. The molecule has 0 bridgehead atoms. The molecule has 0 amide bonds. The number of para-hydroxylation sites is 3. The van der Waals surface area contributed by atoms with Crippen molar-refractivity contribution in [2.45, 2.75) is 0 Å². The molecule has 0 saturated carbocycles. The van der Waals surface area contributed by atoms with Crippen molar-refractivity contribution in [3.63, 3.8) is 0 Å².